The summed E-state index contributed by atoms with van der Waals surface area (Å²) >= 11 is 0. The molecule has 0 aromatic heterocycles. The van der Waals surface area contributed by atoms with Crippen LogP contribution in [0.4, 0.5) is 0 Å². The molecule has 0 bridgehead atoms. The summed E-state index contributed by atoms with van der Waals surface area (Å²) in [5.74, 6) is 0.892. The predicted molar refractivity (Wildman–Crippen MR) is 60.2 cm³/mol. The van der Waals surface area contributed by atoms with E-state index in [1.165, 1.54) is 38.8 Å². The van der Waals surface area contributed by atoms with Crippen LogP contribution in [-0.2, 0) is 0 Å². The molecule has 0 aromatic rings. The minimum absolute atomic E-state index is 0.489. The van der Waals surface area contributed by atoms with E-state index in [-0.39, 0.29) is 0 Å². The molecule has 0 spiro atoms. The molecule has 1 saturated carbocycles. The van der Waals surface area contributed by atoms with Crippen LogP contribution in [-0.4, -0.2) is 30.6 Å². The zero-order valence-corrected chi connectivity index (χ0v) is 9.63. The maximum absolute atomic E-state index is 6.01. The molecule has 2 heteroatoms. The average molecular weight is 196 g/mol. The minimum atomic E-state index is 0.489. The number of likely N-dealkylation sites (tertiary alicyclic amines) is 1. The van der Waals surface area contributed by atoms with Gasteiger partial charge in [-0.3, -0.25) is 0 Å². The van der Waals surface area contributed by atoms with Crippen LogP contribution in [0.1, 0.15) is 39.5 Å². The number of hydrogen-bond donors (Lipinski definition) is 1. The minimum Gasteiger partial charge on any atom is -0.330 e. The maximum atomic E-state index is 6.01. The fourth-order valence-corrected chi connectivity index (χ4v) is 3.35. The van der Waals surface area contributed by atoms with Gasteiger partial charge < -0.3 is 10.6 Å². The normalized spacial score (nSPS) is 39.0. The Balaban J connectivity index is 2.10. The Morgan fingerprint density at radius 1 is 1.43 bits per heavy atom. The molecule has 2 fully saturated rings. The summed E-state index contributed by atoms with van der Waals surface area (Å²) in [6.07, 6.45) is 5.62. The lowest BCUT2D eigenvalue weighted by molar-refractivity contribution is 0.153. The Hall–Kier alpha value is -0.0800. The van der Waals surface area contributed by atoms with Crippen molar-refractivity contribution in [1.29, 1.82) is 0 Å². The van der Waals surface area contributed by atoms with Gasteiger partial charge in [-0.2, -0.15) is 0 Å². The zero-order chi connectivity index (χ0) is 10.2. The van der Waals surface area contributed by atoms with Crippen molar-refractivity contribution >= 4 is 0 Å². The van der Waals surface area contributed by atoms with Crippen LogP contribution in [0.25, 0.3) is 0 Å². The molecule has 2 rings (SSSR count). The van der Waals surface area contributed by atoms with E-state index in [4.69, 9.17) is 5.73 Å². The fraction of sp³-hybridized carbons (Fsp3) is 1.00. The second-order valence-corrected chi connectivity index (χ2v) is 5.53. The summed E-state index contributed by atoms with van der Waals surface area (Å²) in [4.78, 5) is 2.63. The highest BCUT2D eigenvalue weighted by molar-refractivity contribution is 4.99. The van der Waals surface area contributed by atoms with E-state index in [1.807, 2.05) is 0 Å². The molecular formula is C12H24N2. The first-order valence-electron chi connectivity index (χ1n) is 6.12. The third kappa shape index (κ3) is 1.59. The van der Waals surface area contributed by atoms with Crippen LogP contribution in [0.3, 0.4) is 0 Å². The van der Waals surface area contributed by atoms with Gasteiger partial charge >= 0.3 is 0 Å². The predicted octanol–water partition coefficient (Wildman–Crippen LogP) is 1.85. The van der Waals surface area contributed by atoms with Crippen LogP contribution >= 0.6 is 0 Å². The van der Waals surface area contributed by atoms with Crippen LogP contribution in [0.15, 0.2) is 0 Å². The lowest BCUT2D eigenvalue weighted by atomic mass is 9.68. The van der Waals surface area contributed by atoms with Crippen molar-refractivity contribution in [1.82, 2.24) is 4.90 Å². The van der Waals surface area contributed by atoms with Crippen LogP contribution in [0.5, 0.6) is 0 Å². The van der Waals surface area contributed by atoms with E-state index in [9.17, 15) is 0 Å². The highest BCUT2D eigenvalue weighted by Crippen LogP contribution is 2.46. The van der Waals surface area contributed by atoms with Gasteiger partial charge in [-0.05, 0) is 44.6 Å². The molecular weight excluding hydrogens is 172 g/mol. The third-order valence-electron chi connectivity index (χ3n) is 4.45. The fourth-order valence-electron chi connectivity index (χ4n) is 3.35. The molecule has 0 radical (unpaired) electrons. The standard InChI is InChI=1S/C12H24N2/c1-10(2)14-7-11-5-3-4-6-12(11,8-13)9-14/h10-11H,3-9,13H2,1-2H3. The largest absolute Gasteiger partial charge is 0.330 e. The van der Waals surface area contributed by atoms with Crippen molar-refractivity contribution in [3.8, 4) is 0 Å². The molecule has 14 heavy (non-hydrogen) atoms. The van der Waals surface area contributed by atoms with Gasteiger partial charge in [0, 0.05) is 19.1 Å². The Labute approximate surface area is 87.8 Å². The molecule has 2 unspecified atom stereocenters. The van der Waals surface area contributed by atoms with Crippen molar-refractivity contribution in [3.05, 3.63) is 0 Å². The van der Waals surface area contributed by atoms with Gasteiger partial charge in [0.15, 0.2) is 0 Å². The topological polar surface area (TPSA) is 29.3 Å². The number of hydrogen-bond acceptors (Lipinski definition) is 2. The molecule has 2 atom stereocenters. The molecule has 82 valence electrons. The first kappa shape index (κ1) is 10.4. The molecule has 1 heterocycles. The smallest absolute Gasteiger partial charge is 0.00560 e. The molecule has 2 aliphatic rings. The van der Waals surface area contributed by atoms with Gasteiger partial charge in [0.05, 0.1) is 0 Å². The van der Waals surface area contributed by atoms with Crippen molar-refractivity contribution in [2.45, 2.75) is 45.6 Å². The SMILES string of the molecule is CC(C)N1CC2CCCCC2(CN)C1. The highest BCUT2D eigenvalue weighted by atomic mass is 15.2. The van der Waals surface area contributed by atoms with Crippen LogP contribution in [0.2, 0.25) is 0 Å². The zero-order valence-electron chi connectivity index (χ0n) is 9.63. The lowest BCUT2D eigenvalue weighted by Crippen LogP contribution is -2.40. The molecule has 2 N–H and O–H groups in total. The Bertz CT molecular complexity index is 202. The maximum Gasteiger partial charge on any atom is 0.00560 e. The molecule has 2 nitrogen and oxygen atoms in total. The first-order valence-corrected chi connectivity index (χ1v) is 6.12. The van der Waals surface area contributed by atoms with Crippen LogP contribution < -0.4 is 5.73 Å². The van der Waals surface area contributed by atoms with Crippen molar-refractivity contribution in [2.75, 3.05) is 19.6 Å². The highest BCUT2D eigenvalue weighted by Gasteiger charge is 2.46. The summed E-state index contributed by atoms with van der Waals surface area (Å²) < 4.78 is 0. The first-order chi connectivity index (χ1) is 6.68. The average Bonchev–Trinajstić information content (AvgIpc) is 2.57. The van der Waals surface area contributed by atoms with E-state index in [2.05, 4.69) is 18.7 Å². The van der Waals surface area contributed by atoms with E-state index in [0.29, 0.717) is 11.5 Å². The van der Waals surface area contributed by atoms with E-state index >= 15 is 0 Å². The molecule has 0 aromatic carbocycles. The third-order valence-corrected chi connectivity index (χ3v) is 4.45. The molecule has 1 aliphatic heterocycles. The van der Waals surface area contributed by atoms with E-state index in [0.717, 1.165) is 12.5 Å². The van der Waals surface area contributed by atoms with Crippen molar-refractivity contribution in [3.63, 3.8) is 0 Å². The van der Waals surface area contributed by atoms with Crippen molar-refractivity contribution < 1.29 is 0 Å². The Morgan fingerprint density at radius 2 is 2.21 bits per heavy atom. The van der Waals surface area contributed by atoms with Gasteiger partial charge in [-0.1, -0.05) is 12.8 Å². The second kappa shape index (κ2) is 3.82. The summed E-state index contributed by atoms with van der Waals surface area (Å²) in [5, 5.41) is 0. The quantitative estimate of drug-likeness (QED) is 0.730. The van der Waals surface area contributed by atoms with Gasteiger partial charge in [0.2, 0.25) is 0 Å². The summed E-state index contributed by atoms with van der Waals surface area (Å²) in [7, 11) is 0. The number of nitrogens with zero attached hydrogens (tertiary/aromatic N) is 1. The number of rotatable bonds is 2. The summed E-state index contributed by atoms with van der Waals surface area (Å²) in [6, 6.07) is 0.698. The second-order valence-electron chi connectivity index (χ2n) is 5.53. The molecule has 0 amide bonds. The van der Waals surface area contributed by atoms with Crippen LogP contribution in [0, 0.1) is 11.3 Å². The summed E-state index contributed by atoms with van der Waals surface area (Å²) in [5.41, 5.74) is 6.50. The van der Waals surface area contributed by atoms with Gasteiger partial charge in [0.25, 0.3) is 0 Å². The Morgan fingerprint density at radius 3 is 2.79 bits per heavy atom. The monoisotopic (exact) mass is 196 g/mol. The van der Waals surface area contributed by atoms with E-state index < -0.39 is 0 Å². The van der Waals surface area contributed by atoms with Gasteiger partial charge in [0.1, 0.15) is 0 Å². The van der Waals surface area contributed by atoms with Gasteiger partial charge in [-0.25, -0.2) is 0 Å². The number of fused-ring (bicyclic) bond motifs is 1. The number of nitrogens with two attached hydrogens (primary N) is 1. The molecule has 1 aliphatic carbocycles. The molecule has 1 saturated heterocycles. The lowest BCUT2D eigenvalue weighted by Gasteiger charge is -2.37. The summed E-state index contributed by atoms with van der Waals surface area (Å²) in [6.45, 7) is 8.07. The Kier molecular flexibility index (Phi) is 2.85. The van der Waals surface area contributed by atoms with Crippen molar-refractivity contribution in [2.24, 2.45) is 17.1 Å². The van der Waals surface area contributed by atoms with E-state index in [1.54, 1.807) is 0 Å². The van der Waals surface area contributed by atoms with Gasteiger partial charge in [-0.15, -0.1) is 0 Å².